The molecule has 4 N–H and O–H groups in total. The maximum atomic E-state index is 10.8. The molecule has 1 aliphatic rings. The number of aliphatic hydroxyl groups is 1. The van der Waals surface area contributed by atoms with Crippen molar-refractivity contribution in [3.05, 3.63) is 64.5 Å². The lowest BCUT2D eigenvalue weighted by atomic mass is 9.88. The molecule has 3 rings (SSSR count). The summed E-state index contributed by atoms with van der Waals surface area (Å²) < 4.78 is 5.56. The summed E-state index contributed by atoms with van der Waals surface area (Å²) in [4.78, 5) is 0. The number of aromatic hydroxyl groups is 1. The molecule has 0 spiro atoms. The highest BCUT2D eigenvalue weighted by Crippen LogP contribution is 2.38. The second-order valence-corrected chi connectivity index (χ2v) is 8.31. The van der Waals surface area contributed by atoms with Crippen molar-refractivity contribution in [1.82, 2.24) is 5.32 Å². The number of ether oxygens (including phenoxy) is 1. The normalized spacial score (nSPS) is 14.2. The first-order valence-corrected chi connectivity index (χ1v) is 9.61. The second-order valence-electron chi connectivity index (χ2n) is 8.31. The van der Waals surface area contributed by atoms with Crippen molar-refractivity contribution < 1.29 is 14.9 Å². The summed E-state index contributed by atoms with van der Waals surface area (Å²) in [6, 6.07) is 7.55. The van der Waals surface area contributed by atoms with E-state index in [-0.39, 0.29) is 11.3 Å². The van der Waals surface area contributed by atoms with Gasteiger partial charge in [-0.1, -0.05) is 17.7 Å². The van der Waals surface area contributed by atoms with Crippen LogP contribution in [0.3, 0.4) is 0 Å². The Morgan fingerprint density at radius 3 is 2.46 bits per heavy atom. The average molecular weight is 383 g/mol. The highest BCUT2D eigenvalue weighted by Gasteiger charge is 2.24. The van der Waals surface area contributed by atoms with Crippen LogP contribution in [-0.2, 0) is 6.42 Å². The van der Waals surface area contributed by atoms with E-state index >= 15 is 0 Å². The van der Waals surface area contributed by atoms with Crippen molar-refractivity contribution in [2.45, 2.75) is 52.7 Å². The minimum absolute atomic E-state index is 0.0874. The van der Waals surface area contributed by atoms with Crippen LogP contribution in [0, 0.1) is 20.8 Å². The minimum Gasteiger partial charge on any atom is -0.508 e. The van der Waals surface area contributed by atoms with Gasteiger partial charge >= 0.3 is 0 Å². The van der Waals surface area contributed by atoms with Crippen LogP contribution in [0.5, 0.6) is 11.5 Å². The Hall–Kier alpha value is -2.50. The van der Waals surface area contributed by atoms with E-state index in [1.165, 1.54) is 28.5 Å². The summed E-state index contributed by atoms with van der Waals surface area (Å²) in [6.07, 6.45) is 3.21. The topological polar surface area (TPSA) is 73.8 Å². The number of nitrogens with one attached hydrogen (secondary N) is 2. The highest BCUT2D eigenvalue weighted by molar-refractivity contribution is 5.66. The quantitative estimate of drug-likeness (QED) is 0.601. The zero-order chi connectivity index (χ0) is 20.5. The van der Waals surface area contributed by atoms with Crippen LogP contribution in [0.25, 0.3) is 0 Å². The number of hydrogen-bond donors (Lipinski definition) is 4. The van der Waals surface area contributed by atoms with Gasteiger partial charge in [-0.2, -0.15) is 0 Å². The third-order valence-corrected chi connectivity index (χ3v) is 5.19. The lowest BCUT2D eigenvalue weighted by Crippen LogP contribution is -2.43. The number of phenols is 1. The zero-order valence-electron chi connectivity index (χ0n) is 17.3. The van der Waals surface area contributed by atoms with Gasteiger partial charge in [0.15, 0.2) is 5.75 Å². The lowest BCUT2D eigenvalue weighted by molar-refractivity contribution is 0.157. The number of hydrogen-bond acceptors (Lipinski definition) is 5. The van der Waals surface area contributed by atoms with E-state index < -0.39 is 6.10 Å². The number of fused-ring (bicyclic) bond motifs is 1. The van der Waals surface area contributed by atoms with Crippen molar-refractivity contribution in [1.29, 1.82) is 0 Å². The Morgan fingerprint density at radius 2 is 1.79 bits per heavy atom. The van der Waals surface area contributed by atoms with Crippen molar-refractivity contribution >= 4 is 5.69 Å². The molecule has 5 heteroatoms. The molecular weight excluding hydrogens is 352 g/mol. The number of aryl methyl sites for hydroxylation is 3. The molecule has 0 fully saturated rings. The van der Waals surface area contributed by atoms with Crippen molar-refractivity contribution in [2.75, 3.05) is 11.9 Å². The first-order chi connectivity index (χ1) is 13.2. The molecule has 1 atom stereocenters. The number of β-amino-alcohol motifs (C(OH)–C–C–N with tert-alkyl or cyclic N) is 1. The third kappa shape index (κ3) is 4.49. The fourth-order valence-corrected chi connectivity index (χ4v) is 3.82. The molecule has 0 bridgehead atoms. The summed E-state index contributed by atoms with van der Waals surface area (Å²) in [6.45, 7) is 11.0. The molecule has 1 aliphatic heterocycles. The van der Waals surface area contributed by atoms with Crippen LogP contribution in [-0.4, -0.2) is 22.3 Å². The summed E-state index contributed by atoms with van der Waals surface area (Å²) >= 11 is 0. The van der Waals surface area contributed by atoms with Crippen LogP contribution in [0.4, 0.5) is 5.69 Å². The fraction of sp³-hybridized carbons (Fsp3) is 0.391. The largest absolute Gasteiger partial charge is 0.508 e. The monoisotopic (exact) mass is 382 g/mol. The van der Waals surface area contributed by atoms with Crippen molar-refractivity contribution in [2.24, 2.45) is 0 Å². The van der Waals surface area contributed by atoms with Gasteiger partial charge in [0, 0.05) is 29.9 Å². The number of benzene rings is 2. The fourth-order valence-electron chi connectivity index (χ4n) is 3.82. The molecule has 5 nitrogen and oxygen atoms in total. The molecule has 0 aliphatic carbocycles. The molecule has 1 heterocycles. The lowest BCUT2D eigenvalue weighted by Gasteiger charge is -2.30. The molecular formula is C23H30N2O3. The van der Waals surface area contributed by atoms with Gasteiger partial charge in [0.2, 0.25) is 0 Å². The van der Waals surface area contributed by atoms with E-state index in [9.17, 15) is 10.2 Å². The van der Waals surface area contributed by atoms with Gasteiger partial charge in [-0.3, -0.25) is 0 Å². The molecule has 0 amide bonds. The predicted molar refractivity (Wildman–Crippen MR) is 113 cm³/mol. The van der Waals surface area contributed by atoms with E-state index in [0.29, 0.717) is 23.5 Å². The molecule has 2 aromatic carbocycles. The van der Waals surface area contributed by atoms with E-state index in [0.717, 1.165) is 6.42 Å². The van der Waals surface area contributed by atoms with Crippen molar-refractivity contribution in [3.63, 3.8) is 0 Å². The first kappa shape index (κ1) is 20.2. The number of aliphatic hydroxyl groups excluding tert-OH is 1. The van der Waals surface area contributed by atoms with Crippen LogP contribution in [0.2, 0.25) is 0 Å². The van der Waals surface area contributed by atoms with E-state index in [2.05, 4.69) is 57.4 Å². The Bertz CT molecular complexity index is 880. The molecule has 28 heavy (non-hydrogen) atoms. The molecule has 0 radical (unpaired) electrons. The maximum Gasteiger partial charge on any atom is 0.156 e. The average Bonchev–Trinajstić information content (AvgIpc) is 2.62. The van der Waals surface area contributed by atoms with Gasteiger partial charge in [0.1, 0.15) is 12.0 Å². The molecule has 0 saturated heterocycles. The Morgan fingerprint density at radius 1 is 1.11 bits per heavy atom. The third-order valence-electron chi connectivity index (χ3n) is 5.19. The Balaban J connectivity index is 1.73. The first-order valence-electron chi connectivity index (χ1n) is 9.61. The second kappa shape index (κ2) is 7.86. The van der Waals surface area contributed by atoms with E-state index in [4.69, 9.17) is 4.74 Å². The molecule has 0 saturated carbocycles. The van der Waals surface area contributed by atoms with Gasteiger partial charge in [-0.15, -0.1) is 0 Å². The molecule has 1 unspecified atom stereocenters. The molecule has 0 aromatic heterocycles. The molecule has 2 aromatic rings. The van der Waals surface area contributed by atoms with Gasteiger partial charge in [0.05, 0.1) is 11.8 Å². The van der Waals surface area contributed by atoms with Gasteiger partial charge < -0.3 is 25.6 Å². The SMILES string of the molecule is Cc1cc(C)c(CC(C)(C)NCC(O)c2cc(O)cc3c2OC=CN3)c(C)c1. The van der Waals surface area contributed by atoms with Crippen LogP contribution in [0.15, 0.2) is 36.7 Å². The summed E-state index contributed by atoms with van der Waals surface area (Å²) in [5.74, 6) is 0.627. The zero-order valence-corrected chi connectivity index (χ0v) is 17.3. The van der Waals surface area contributed by atoms with Gasteiger partial charge in [-0.05, 0) is 63.8 Å². The predicted octanol–water partition coefficient (Wildman–Crippen LogP) is 4.24. The minimum atomic E-state index is -0.811. The Kier molecular flexibility index (Phi) is 5.68. The van der Waals surface area contributed by atoms with Crippen LogP contribution >= 0.6 is 0 Å². The Labute approximate surface area is 167 Å². The summed E-state index contributed by atoms with van der Waals surface area (Å²) in [7, 11) is 0. The summed E-state index contributed by atoms with van der Waals surface area (Å²) in [5.41, 5.74) is 6.19. The summed E-state index contributed by atoms with van der Waals surface area (Å²) in [5, 5.41) is 27.2. The smallest absolute Gasteiger partial charge is 0.156 e. The van der Waals surface area contributed by atoms with Crippen molar-refractivity contribution in [3.8, 4) is 11.5 Å². The maximum absolute atomic E-state index is 10.8. The van der Waals surface area contributed by atoms with E-state index in [1.807, 2.05) is 0 Å². The highest BCUT2D eigenvalue weighted by atomic mass is 16.5. The van der Waals surface area contributed by atoms with Crippen LogP contribution in [0.1, 0.15) is 47.8 Å². The number of rotatable bonds is 6. The molecule has 150 valence electrons. The number of anilines is 1. The van der Waals surface area contributed by atoms with Crippen LogP contribution < -0.4 is 15.4 Å². The number of phenolic OH excluding ortho intramolecular Hbond substituents is 1. The van der Waals surface area contributed by atoms with Gasteiger partial charge in [-0.25, -0.2) is 0 Å². The standard InChI is InChI=1S/C23H30N2O3/c1-14-8-15(2)19(16(3)9-14)12-23(4,5)25-13-21(27)18-10-17(26)11-20-22(18)28-7-6-24-20/h6-11,21,24-27H,12-13H2,1-5H3. The van der Waals surface area contributed by atoms with E-state index in [1.54, 1.807) is 18.3 Å². The van der Waals surface area contributed by atoms with Gasteiger partial charge in [0.25, 0.3) is 0 Å².